The van der Waals surface area contributed by atoms with Gasteiger partial charge in [-0.2, -0.15) is 0 Å². The van der Waals surface area contributed by atoms with Gasteiger partial charge in [-0.15, -0.1) is 0 Å². The fourth-order valence-corrected chi connectivity index (χ4v) is 0.941. The Morgan fingerprint density at radius 2 is 1.88 bits per heavy atom. The maximum absolute atomic E-state index is 11.5. The van der Waals surface area contributed by atoms with Crippen molar-refractivity contribution in [2.45, 2.75) is 13.8 Å². The van der Waals surface area contributed by atoms with E-state index in [1.54, 1.807) is 38.3 Å². The third-order valence-corrected chi connectivity index (χ3v) is 1.92. The van der Waals surface area contributed by atoms with Crippen LogP contribution < -0.4 is 0 Å². The lowest BCUT2D eigenvalue weighted by molar-refractivity contribution is -0.111. The lowest BCUT2D eigenvalue weighted by Crippen LogP contribution is -1.93. The predicted molar refractivity (Wildman–Crippen MR) is 68.0 cm³/mol. The minimum atomic E-state index is -0.0514. The molecule has 0 N–H and O–H groups in total. The highest BCUT2D eigenvalue weighted by Crippen LogP contribution is 2.04. The second-order valence-corrected chi connectivity index (χ2v) is 3.32. The molecule has 0 atom stereocenters. The molecule has 0 rings (SSSR count). The highest BCUT2D eigenvalue weighted by atomic mass is 16.5. The minimum absolute atomic E-state index is 0.0514. The molecule has 0 aliphatic heterocycles. The van der Waals surface area contributed by atoms with Gasteiger partial charge in [0, 0.05) is 0 Å². The van der Waals surface area contributed by atoms with Crippen molar-refractivity contribution in [1.29, 1.82) is 0 Å². The van der Waals surface area contributed by atoms with Crippen molar-refractivity contribution in [3.05, 3.63) is 60.4 Å². The predicted octanol–water partition coefficient (Wildman–Crippen LogP) is 3.35. The van der Waals surface area contributed by atoms with Gasteiger partial charge in [-0.1, -0.05) is 31.4 Å². The van der Waals surface area contributed by atoms with Crippen molar-refractivity contribution in [3.8, 4) is 0 Å². The smallest absolute Gasteiger partial charge is 0.181 e. The molecule has 0 aliphatic rings. The minimum Gasteiger partial charge on any atom is -0.501 e. The number of carbonyl (C=O) groups is 1. The number of ketones is 1. The van der Waals surface area contributed by atoms with Crippen LogP contribution in [0.1, 0.15) is 13.8 Å². The van der Waals surface area contributed by atoms with Crippen LogP contribution in [0.3, 0.4) is 0 Å². The molecule has 0 fully saturated rings. The van der Waals surface area contributed by atoms with E-state index in [0.29, 0.717) is 5.57 Å². The normalized spacial score (nSPS) is 12.7. The third kappa shape index (κ3) is 5.81. The molecular formula is C14H18O2. The van der Waals surface area contributed by atoms with E-state index in [2.05, 4.69) is 13.2 Å². The van der Waals surface area contributed by atoms with Gasteiger partial charge in [-0.05, 0) is 37.1 Å². The highest BCUT2D eigenvalue weighted by Gasteiger charge is 1.97. The maximum Gasteiger partial charge on any atom is 0.181 e. The van der Waals surface area contributed by atoms with Crippen LogP contribution in [0.25, 0.3) is 0 Å². The van der Waals surface area contributed by atoms with E-state index < -0.39 is 0 Å². The van der Waals surface area contributed by atoms with Gasteiger partial charge in [-0.3, -0.25) is 4.79 Å². The summed E-state index contributed by atoms with van der Waals surface area (Å²) in [7, 11) is 1.59. The Morgan fingerprint density at radius 1 is 1.25 bits per heavy atom. The zero-order chi connectivity index (χ0) is 12.6. The average Bonchev–Trinajstić information content (AvgIpc) is 2.25. The van der Waals surface area contributed by atoms with Gasteiger partial charge in [0.2, 0.25) is 0 Å². The standard InChI is InChI=1S/C14H18O2/c1-6-7-12(3)14(15)9-8-11(2)10-13(4)16-5/h6-10H,1-2H2,3-5H3/b9-8+,12-7+,13-10+. The molecule has 0 bridgehead atoms. The first-order valence-electron chi connectivity index (χ1n) is 4.94. The first kappa shape index (κ1) is 14.2. The summed E-state index contributed by atoms with van der Waals surface area (Å²) >= 11 is 0. The summed E-state index contributed by atoms with van der Waals surface area (Å²) in [6, 6.07) is 0. The summed E-state index contributed by atoms with van der Waals surface area (Å²) in [5, 5.41) is 0. The molecule has 0 unspecified atom stereocenters. The van der Waals surface area contributed by atoms with Crippen molar-refractivity contribution in [1.82, 2.24) is 0 Å². The fraction of sp³-hybridized carbons (Fsp3) is 0.214. The van der Waals surface area contributed by atoms with Crippen molar-refractivity contribution in [3.63, 3.8) is 0 Å². The first-order valence-corrected chi connectivity index (χ1v) is 4.94. The zero-order valence-electron chi connectivity index (χ0n) is 10.1. The topological polar surface area (TPSA) is 26.3 Å². The van der Waals surface area contributed by atoms with Crippen molar-refractivity contribution < 1.29 is 9.53 Å². The maximum atomic E-state index is 11.5. The summed E-state index contributed by atoms with van der Waals surface area (Å²) in [4.78, 5) is 11.5. The van der Waals surface area contributed by atoms with Crippen molar-refractivity contribution in [2.75, 3.05) is 7.11 Å². The largest absolute Gasteiger partial charge is 0.501 e. The molecular weight excluding hydrogens is 200 g/mol. The number of carbonyl (C=O) groups excluding carboxylic acids is 1. The molecule has 0 saturated carbocycles. The van der Waals surface area contributed by atoms with E-state index in [0.717, 1.165) is 11.3 Å². The summed E-state index contributed by atoms with van der Waals surface area (Å²) in [6.07, 6.45) is 8.16. The van der Waals surface area contributed by atoms with E-state index in [1.165, 1.54) is 6.08 Å². The molecule has 0 aromatic rings. The quantitative estimate of drug-likeness (QED) is 0.388. The van der Waals surface area contributed by atoms with E-state index in [9.17, 15) is 4.79 Å². The zero-order valence-corrected chi connectivity index (χ0v) is 10.1. The van der Waals surface area contributed by atoms with E-state index >= 15 is 0 Å². The van der Waals surface area contributed by atoms with Crippen LogP contribution in [0.4, 0.5) is 0 Å². The summed E-state index contributed by atoms with van der Waals surface area (Å²) < 4.78 is 4.97. The summed E-state index contributed by atoms with van der Waals surface area (Å²) in [5.41, 5.74) is 1.37. The summed E-state index contributed by atoms with van der Waals surface area (Å²) in [6.45, 7) is 10.9. The van der Waals surface area contributed by atoms with Gasteiger partial charge in [-0.25, -0.2) is 0 Å². The van der Waals surface area contributed by atoms with Crippen molar-refractivity contribution >= 4 is 5.78 Å². The molecule has 0 heterocycles. The number of ether oxygens (including phenoxy) is 1. The lowest BCUT2D eigenvalue weighted by atomic mass is 10.1. The highest BCUT2D eigenvalue weighted by molar-refractivity contribution is 6.03. The Balaban J connectivity index is 4.51. The molecule has 0 amide bonds. The Morgan fingerprint density at radius 3 is 2.38 bits per heavy atom. The SMILES string of the molecule is C=C/C=C(\C)C(=O)/C=C/C(=C)/C=C(\C)OC. The van der Waals surface area contributed by atoms with Crippen LogP contribution in [0.5, 0.6) is 0 Å². The molecule has 2 heteroatoms. The number of allylic oxidation sites excluding steroid dienone is 8. The van der Waals surface area contributed by atoms with Crippen LogP contribution in [0.15, 0.2) is 60.4 Å². The monoisotopic (exact) mass is 218 g/mol. The average molecular weight is 218 g/mol. The van der Waals surface area contributed by atoms with Crippen LogP contribution in [-0.2, 0) is 9.53 Å². The van der Waals surface area contributed by atoms with Crippen molar-refractivity contribution in [2.24, 2.45) is 0 Å². The number of methoxy groups -OCH3 is 1. The van der Waals surface area contributed by atoms with E-state index in [4.69, 9.17) is 4.74 Å². The second kappa shape index (κ2) is 7.46. The molecule has 2 nitrogen and oxygen atoms in total. The molecule has 0 saturated heterocycles. The number of hydrogen-bond donors (Lipinski definition) is 0. The van der Waals surface area contributed by atoms with Gasteiger partial charge in [0.25, 0.3) is 0 Å². The van der Waals surface area contributed by atoms with Gasteiger partial charge >= 0.3 is 0 Å². The van der Waals surface area contributed by atoms with E-state index in [1.807, 2.05) is 6.92 Å². The molecule has 0 aliphatic carbocycles. The Labute approximate surface area is 97.3 Å². The van der Waals surface area contributed by atoms with Gasteiger partial charge in [0.1, 0.15) is 0 Å². The molecule has 0 spiro atoms. The van der Waals surface area contributed by atoms with Crippen LogP contribution in [0, 0.1) is 0 Å². The molecule has 16 heavy (non-hydrogen) atoms. The fourth-order valence-electron chi connectivity index (χ4n) is 0.941. The van der Waals surface area contributed by atoms with Crippen LogP contribution in [-0.4, -0.2) is 12.9 Å². The van der Waals surface area contributed by atoms with Gasteiger partial charge in [0.15, 0.2) is 5.78 Å². The Hall–Kier alpha value is -1.83. The van der Waals surface area contributed by atoms with Crippen LogP contribution >= 0.6 is 0 Å². The third-order valence-electron chi connectivity index (χ3n) is 1.92. The van der Waals surface area contributed by atoms with E-state index in [-0.39, 0.29) is 5.78 Å². The molecule has 0 aromatic heterocycles. The number of rotatable bonds is 6. The first-order chi connectivity index (χ1) is 7.51. The Bertz CT molecular complexity index is 368. The second-order valence-electron chi connectivity index (χ2n) is 3.32. The Kier molecular flexibility index (Phi) is 6.61. The molecule has 0 radical (unpaired) electrons. The van der Waals surface area contributed by atoms with Crippen LogP contribution in [0.2, 0.25) is 0 Å². The summed E-state index contributed by atoms with van der Waals surface area (Å²) in [5.74, 6) is 0.699. The number of hydrogen-bond acceptors (Lipinski definition) is 2. The molecule has 0 aromatic carbocycles. The van der Waals surface area contributed by atoms with Gasteiger partial charge in [0.05, 0.1) is 12.9 Å². The molecule has 86 valence electrons. The van der Waals surface area contributed by atoms with Gasteiger partial charge < -0.3 is 4.74 Å². The lowest BCUT2D eigenvalue weighted by Gasteiger charge is -1.98.